The number of nitrogens with zero attached hydrogens (tertiary/aromatic N) is 2. The average Bonchev–Trinajstić information content (AvgIpc) is 2.33. The maximum absolute atomic E-state index is 11.8. The molecular formula is C5H5FN2O2. The van der Waals surface area contributed by atoms with Crippen LogP contribution in [0.5, 0.6) is 0 Å². The molecule has 0 bridgehead atoms. The van der Waals surface area contributed by atoms with Gasteiger partial charge in [0.05, 0.1) is 0 Å². The van der Waals surface area contributed by atoms with Crippen molar-refractivity contribution >= 4 is 5.97 Å². The van der Waals surface area contributed by atoms with Gasteiger partial charge in [-0.3, -0.25) is 0 Å². The Hall–Kier alpha value is -1.39. The van der Waals surface area contributed by atoms with Crippen molar-refractivity contribution in [3.63, 3.8) is 0 Å². The van der Waals surface area contributed by atoms with Crippen LogP contribution in [-0.2, 0) is 6.80 Å². The van der Waals surface area contributed by atoms with E-state index in [4.69, 9.17) is 5.11 Å². The molecule has 0 saturated carbocycles. The Morgan fingerprint density at radius 3 is 3.00 bits per heavy atom. The van der Waals surface area contributed by atoms with Gasteiger partial charge in [0.2, 0.25) is 0 Å². The fourth-order valence-corrected chi connectivity index (χ4v) is 0.610. The van der Waals surface area contributed by atoms with Gasteiger partial charge in [-0.1, -0.05) is 0 Å². The lowest BCUT2D eigenvalue weighted by molar-refractivity contribution is 0.0678. The van der Waals surface area contributed by atoms with Crippen LogP contribution < -0.4 is 0 Å². The largest absolute Gasteiger partial charge is 0.477 e. The van der Waals surface area contributed by atoms with Gasteiger partial charge in [0.1, 0.15) is 5.69 Å². The summed E-state index contributed by atoms with van der Waals surface area (Å²) in [6.45, 7) is -0.908. The average molecular weight is 144 g/mol. The molecule has 1 heterocycles. The first-order valence-corrected chi connectivity index (χ1v) is 2.57. The van der Waals surface area contributed by atoms with E-state index in [9.17, 15) is 9.18 Å². The Morgan fingerprint density at radius 1 is 1.90 bits per heavy atom. The zero-order valence-corrected chi connectivity index (χ0v) is 4.99. The maximum Gasteiger partial charge on any atom is 0.354 e. The zero-order valence-electron chi connectivity index (χ0n) is 4.99. The SMILES string of the molecule is O=C(O)c1ccnn1CF. The molecule has 0 aromatic carbocycles. The van der Waals surface area contributed by atoms with Gasteiger partial charge in [0.15, 0.2) is 6.80 Å². The standard InChI is InChI=1S/C5H5FN2O2/c6-3-8-4(5(9)10)1-2-7-8/h1-2H,3H2,(H,9,10). The molecule has 0 radical (unpaired) electrons. The minimum Gasteiger partial charge on any atom is -0.477 e. The summed E-state index contributed by atoms with van der Waals surface area (Å²) in [6, 6.07) is 1.24. The Labute approximate surface area is 55.9 Å². The van der Waals surface area contributed by atoms with Crippen molar-refractivity contribution in [3.8, 4) is 0 Å². The van der Waals surface area contributed by atoms with E-state index < -0.39 is 12.8 Å². The smallest absolute Gasteiger partial charge is 0.354 e. The molecule has 1 aromatic rings. The Kier molecular flexibility index (Phi) is 1.66. The lowest BCUT2D eigenvalue weighted by atomic mass is 10.4. The molecule has 1 N–H and O–H groups in total. The summed E-state index contributed by atoms with van der Waals surface area (Å²) in [5.41, 5.74) is -0.137. The number of carboxylic acids is 1. The first-order valence-electron chi connectivity index (χ1n) is 2.57. The molecule has 0 aliphatic rings. The molecule has 0 fully saturated rings. The number of aromatic nitrogens is 2. The minimum absolute atomic E-state index is 0.137. The van der Waals surface area contributed by atoms with E-state index in [0.717, 1.165) is 4.68 Å². The molecule has 0 aliphatic heterocycles. The maximum atomic E-state index is 11.8. The molecule has 0 atom stereocenters. The molecule has 0 saturated heterocycles. The van der Waals surface area contributed by atoms with Gasteiger partial charge < -0.3 is 5.11 Å². The molecule has 0 amide bonds. The Balaban J connectivity index is 3.01. The van der Waals surface area contributed by atoms with Crippen molar-refractivity contribution in [3.05, 3.63) is 18.0 Å². The van der Waals surface area contributed by atoms with E-state index in [1.165, 1.54) is 12.3 Å². The summed E-state index contributed by atoms with van der Waals surface area (Å²) < 4.78 is 12.6. The second kappa shape index (κ2) is 2.47. The lowest BCUT2D eigenvalue weighted by Gasteiger charge is -1.94. The number of carbonyl (C=O) groups is 1. The highest BCUT2D eigenvalue weighted by Crippen LogP contribution is 1.97. The van der Waals surface area contributed by atoms with E-state index >= 15 is 0 Å². The number of aromatic carboxylic acids is 1. The van der Waals surface area contributed by atoms with Crippen LogP contribution in [0.25, 0.3) is 0 Å². The summed E-state index contributed by atoms with van der Waals surface area (Å²) in [4.78, 5) is 10.2. The van der Waals surface area contributed by atoms with Gasteiger partial charge in [-0.15, -0.1) is 0 Å². The van der Waals surface area contributed by atoms with Crippen LogP contribution in [0.15, 0.2) is 12.3 Å². The molecule has 0 unspecified atom stereocenters. The second-order valence-corrected chi connectivity index (χ2v) is 1.64. The molecule has 1 aromatic heterocycles. The summed E-state index contributed by atoms with van der Waals surface area (Å²) in [5, 5.41) is 11.8. The van der Waals surface area contributed by atoms with Crippen molar-refractivity contribution in [2.45, 2.75) is 6.80 Å². The summed E-state index contributed by atoms with van der Waals surface area (Å²) in [6.07, 6.45) is 1.24. The van der Waals surface area contributed by atoms with E-state index in [1.54, 1.807) is 0 Å². The molecule has 10 heavy (non-hydrogen) atoms. The third kappa shape index (κ3) is 0.975. The van der Waals surface area contributed by atoms with Gasteiger partial charge in [0, 0.05) is 6.20 Å². The van der Waals surface area contributed by atoms with E-state index in [2.05, 4.69) is 5.10 Å². The lowest BCUT2D eigenvalue weighted by Crippen LogP contribution is -2.07. The molecule has 5 heteroatoms. The fourth-order valence-electron chi connectivity index (χ4n) is 0.610. The van der Waals surface area contributed by atoms with E-state index in [-0.39, 0.29) is 5.69 Å². The van der Waals surface area contributed by atoms with Gasteiger partial charge >= 0.3 is 5.97 Å². The summed E-state index contributed by atoms with van der Waals surface area (Å²) in [7, 11) is 0. The molecule has 0 spiro atoms. The first kappa shape index (κ1) is 6.73. The predicted molar refractivity (Wildman–Crippen MR) is 30.3 cm³/mol. The molecule has 0 aliphatic carbocycles. The number of rotatable bonds is 2. The predicted octanol–water partition coefficient (Wildman–Crippen LogP) is 0.508. The van der Waals surface area contributed by atoms with Gasteiger partial charge in [-0.25, -0.2) is 13.9 Å². The monoisotopic (exact) mass is 144 g/mol. The number of halogens is 1. The topological polar surface area (TPSA) is 55.1 Å². The number of carboxylic acid groups (broad SMARTS) is 1. The summed E-state index contributed by atoms with van der Waals surface area (Å²) in [5.74, 6) is -1.17. The molecule has 4 nitrogen and oxygen atoms in total. The number of hydrogen-bond acceptors (Lipinski definition) is 2. The van der Waals surface area contributed by atoms with Gasteiger partial charge in [-0.05, 0) is 6.07 Å². The number of hydrogen-bond donors (Lipinski definition) is 1. The minimum atomic E-state index is -1.17. The highest BCUT2D eigenvalue weighted by Gasteiger charge is 2.08. The van der Waals surface area contributed by atoms with Crippen LogP contribution >= 0.6 is 0 Å². The van der Waals surface area contributed by atoms with Gasteiger partial charge in [-0.2, -0.15) is 5.10 Å². The second-order valence-electron chi connectivity index (χ2n) is 1.64. The normalized spacial score (nSPS) is 9.70. The van der Waals surface area contributed by atoms with Crippen molar-refractivity contribution < 1.29 is 14.3 Å². The van der Waals surface area contributed by atoms with Crippen molar-refractivity contribution in [2.75, 3.05) is 0 Å². The quantitative estimate of drug-likeness (QED) is 0.657. The fraction of sp³-hybridized carbons (Fsp3) is 0.200. The van der Waals surface area contributed by atoms with Crippen molar-refractivity contribution in [2.24, 2.45) is 0 Å². The van der Waals surface area contributed by atoms with Crippen molar-refractivity contribution in [1.29, 1.82) is 0 Å². The number of alkyl halides is 1. The van der Waals surface area contributed by atoms with Crippen LogP contribution in [0.1, 0.15) is 10.5 Å². The first-order chi connectivity index (χ1) is 4.75. The van der Waals surface area contributed by atoms with Crippen molar-refractivity contribution in [1.82, 2.24) is 9.78 Å². The zero-order chi connectivity index (χ0) is 7.56. The highest BCUT2D eigenvalue weighted by atomic mass is 19.1. The van der Waals surface area contributed by atoms with Crippen LogP contribution in [0.2, 0.25) is 0 Å². The van der Waals surface area contributed by atoms with Crippen LogP contribution in [0.3, 0.4) is 0 Å². The van der Waals surface area contributed by atoms with E-state index in [0.29, 0.717) is 0 Å². The molecule has 54 valence electrons. The highest BCUT2D eigenvalue weighted by molar-refractivity contribution is 5.85. The Bertz CT molecular complexity index is 246. The van der Waals surface area contributed by atoms with Crippen LogP contribution in [0, 0.1) is 0 Å². The molecular weight excluding hydrogens is 139 g/mol. The van der Waals surface area contributed by atoms with E-state index in [1.807, 2.05) is 0 Å². The molecule has 1 rings (SSSR count). The third-order valence-corrected chi connectivity index (χ3v) is 1.05. The third-order valence-electron chi connectivity index (χ3n) is 1.05. The van der Waals surface area contributed by atoms with Gasteiger partial charge in [0.25, 0.3) is 0 Å². The van der Waals surface area contributed by atoms with Crippen LogP contribution in [-0.4, -0.2) is 20.9 Å². The van der Waals surface area contributed by atoms with Crippen LogP contribution in [0.4, 0.5) is 4.39 Å². The summed E-state index contributed by atoms with van der Waals surface area (Å²) >= 11 is 0. The Morgan fingerprint density at radius 2 is 2.60 bits per heavy atom.